The number of hydrogen-bond donors (Lipinski definition) is 0. The molecule has 0 saturated carbocycles. The molecule has 1 aromatic heterocycles. The van der Waals surface area contributed by atoms with Crippen LogP contribution < -0.4 is 10.2 Å². The lowest BCUT2D eigenvalue weighted by Gasteiger charge is -2.49. The van der Waals surface area contributed by atoms with Gasteiger partial charge in [-0.1, -0.05) is 49.6 Å². The fourth-order valence-corrected chi connectivity index (χ4v) is 5.92. The molecule has 2 fully saturated rings. The summed E-state index contributed by atoms with van der Waals surface area (Å²) in [5, 5.41) is 0. The molecule has 5 rings (SSSR count). The summed E-state index contributed by atoms with van der Waals surface area (Å²) >= 11 is 0. The third-order valence-corrected chi connectivity index (χ3v) is 7.56. The molecule has 0 N–H and O–H groups in total. The molecule has 4 heterocycles. The van der Waals surface area contributed by atoms with Crippen molar-refractivity contribution in [1.29, 1.82) is 0 Å². The van der Waals surface area contributed by atoms with E-state index in [9.17, 15) is 14.4 Å². The summed E-state index contributed by atoms with van der Waals surface area (Å²) in [4.78, 5) is 42.1. The summed E-state index contributed by atoms with van der Waals surface area (Å²) in [7, 11) is 0. The standard InChI is InChI=1S/C27H32N2O5/c1-2-33-27(32)21-15-28-16-22-19-11-7-4-8-12-20(14-13-19)29(22)26(31)23(28)25(24(21)30)34-17-18-9-5-3-6-10-18/h3,5-6,9-10,15,19-20,22H,2,4,7-8,11-14,16-17H2,1H3. The van der Waals surface area contributed by atoms with Crippen molar-refractivity contribution in [3.63, 3.8) is 0 Å². The van der Waals surface area contributed by atoms with Gasteiger partial charge in [0.25, 0.3) is 5.91 Å². The number of aromatic nitrogens is 1. The normalized spacial score (nSPS) is 23.9. The number of piperidine rings is 1. The van der Waals surface area contributed by atoms with Gasteiger partial charge in [-0.3, -0.25) is 9.59 Å². The minimum atomic E-state index is -0.682. The largest absolute Gasteiger partial charge is 0.483 e. The van der Waals surface area contributed by atoms with Crippen LogP contribution in [-0.2, 0) is 17.9 Å². The maximum absolute atomic E-state index is 14.0. The molecule has 1 amide bonds. The van der Waals surface area contributed by atoms with E-state index in [4.69, 9.17) is 9.47 Å². The van der Waals surface area contributed by atoms with Crippen LogP contribution in [0.3, 0.4) is 0 Å². The van der Waals surface area contributed by atoms with E-state index in [0.717, 1.165) is 37.7 Å². The highest BCUT2D eigenvalue weighted by molar-refractivity contribution is 5.98. The lowest BCUT2D eigenvalue weighted by atomic mass is 9.81. The van der Waals surface area contributed by atoms with Crippen molar-refractivity contribution in [2.24, 2.45) is 5.92 Å². The number of nitrogens with zero attached hydrogens (tertiary/aromatic N) is 2. The molecule has 0 radical (unpaired) electrons. The number of carbonyl (C=O) groups is 2. The van der Waals surface area contributed by atoms with Crippen LogP contribution in [0.2, 0.25) is 0 Å². The van der Waals surface area contributed by atoms with E-state index in [1.807, 2.05) is 35.2 Å². The van der Waals surface area contributed by atoms with E-state index in [-0.39, 0.29) is 48.2 Å². The smallest absolute Gasteiger partial charge is 0.343 e. The van der Waals surface area contributed by atoms with Gasteiger partial charge in [0.1, 0.15) is 12.2 Å². The average Bonchev–Trinajstić information content (AvgIpc) is 3.01. The van der Waals surface area contributed by atoms with E-state index < -0.39 is 11.4 Å². The molecule has 2 saturated heterocycles. The van der Waals surface area contributed by atoms with Crippen molar-refractivity contribution in [3.8, 4) is 5.75 Å². The highest BCUT2D eigenvalue weighted by atomic mass is 16.5. The van der Waals surface area contributed by atoms with E-state index >= 15 is 0 Å². The molecule has 0 spiro atoms. The first-order chi connectivity index (χ1) is 16.6. The lowest BCUT2D eigenvalue weighted by molar-refractivity contribution is 0.0104. The topological polar surface area (TPSA) is 77.8 Å². The van der Waals surface area contributed by atoms with Gasteiger partial charge in [0.2, 0.25) is 5.43 Å². The number of benzene rings is 1. The van der Waals surface area contributed by atoms with Gasteiger partial charge >= 0.3 is 5.97 Å². The van der Waals surface area contributed by atoms with E-state index in [1.165, 1.54) is 19.0 Å². The Morgan fingerprint density at radius 1 is 1.03 bits per heavy atom. The molecule has 3 atom stereocenters. The highest BCUT2D eigenvalue weighted by Gasteiger charge is 2.45. The molecule has 3 unspecified atom stereocenters. The van der Waals surface area contributed by atoms with Gasteiger partial charge < -0.3 is 18.9 Å². The monoisotopic (exact) mass is 464 g/mol. The minimum Gasteiger partial charge on any atom is -0.483 e. The molecule has 3 aliphatic rings. The molecule has 0 aliphatic carbocycles. The number of pyridine rings is 1. The molecule has 2 bridgehead atoms. The fraction of sp³-hybridized carbons (Fsp3) is 0.519. The lowest BCUT2D eigenvalue weighted by Crippen LogP contribution is -2.59. The molecular weight excluding hydrogens is 432 g/mol. The molecule has 180 valence electrons. The molecule has 2 aromatic rings. The second-order valence-electron chi connectivity index (χ2n) is 9.61. The first kappa shape index (κ1) is 22.7. The zero-order chi connectivity index (χ0) is 23.7. The number of esters is 1. The van der Waals surface area contributed by atoms with Gasteiger partial charge in [0.05, 0.1) is 12.6 Å². The number of carbonyl (C=O) groups excluding carboxylic acids is 2. The van der Waals surface area contributed by atoms with Crippen LogP contribution in [0.4, 0.5) is 0 Å². The molecule has 34 heavy (non-hydrogen) atoms. The van der Waals surface area contributed by atoms with Gasteiger partial charge in [-0.15, -0.1) is 0 Å². The number of ether oxygens (including phenoxy) is 2. The summed E-state index contributed by atoms with van der Waals surface area (Å²) < 4.78 is 12.9. The van der Waals surface area contributed by atoms with Gasteiger partial charge in [0, 0.05) is 18.8 Å². The number of fused-ring (bicyclic) bond motifs is 1. The van der Waals surface area contributed by atoms with Crippen LogP contribution in [0.25, 0.3) is 0 Å². The first-order valence-electron chi connectivity index (χ1n) is 12.5. The Morgan fingerprint density at radius 3 is 2.62 bits per heavy atom. The Bertz CT molecular complexity index is 1120. The zero-order valence-corrected chi connectivity index (χ0v) is 19.7. The second-order valence-corrected chi connectivity index (χ2v) is 9.61. The van der Waals surface area contributed by atoms with Crippen molar-refractivity contribution in [1.82, 2.24) is 9.47 Å². The van der Waals surface area contributed by atoms with Crippen molar-refractivity contribution < 1.29 is 19.1 Å². The van der Waals surface area contributed by atoms with Crippen LogP contribution in [-0.4, -0.2) is 40.0 Å². The predicted octanol–water partition coefficient (Wildman–Crippen LogP) is 4.17. The number of rotatable bonds is 5. The predicted molar refractivity (Wildman–Crippen MR) is 127 cm³/mol. The van der Waals surface area contributed by atoms with Crippen LogP contribution in [0.5, 0.6) is 5.75 Å². The van der Waals surface area contributed by atoms with E-state index in [0.29, 0.717) is 12.5 Å². The average molecular weight is 465 g/mol. The fourth-order valence-electron chi connectivity index (χ4n) is 5.92. The summed E-state index contributed by atoms with van der Waals surface area (Å²) in [5.41, 5.74) is 0.477. The molecule has 7 heteroatoms. The van der Waals surface area contributed by atoms with Crippen molar-refractivity contribution in [2.45, 2.75) is 77.1 Å². The molecular formula is C27H32N2O5. The molecule has 3 aliphatic heterocycles. The van der Waals surface area contributed by atoms with Gasteiger partial charge in [-0.25, -0.2) is 4.79 Å². The van der Waals surface area contributed by atoms with Crippen molar-refractivity contribution in [2.75, 3.05) is 6.61 Å². The van der Waals surface area contributed by atoms with Gasteiger partial charge in [-0.05, 0) is 44.1 Å². The Balaban J connectivity index is 1.59. The first-order valence-corrected chi connectivity index (χ1v) is 12.5. The summed E-state index contributed by atoms with van der Waals surface area (Å²) in [6.45, 7) is 2.57. The highest BCUT2D eigenvalue weighted by Crippen LogP contribution is 2.40. The SMILES string of the molecule is CCOC(=O)c1cn2c(c(OCc3ccccc3)c1=O)C(=O)N1C3CCCCCC(CC3)C1C2. The Morgan fingerprint density at radius 2 is 1.82 bits per heavy atom. The minimum absolute atomic E-state index is 0.0476. The van der Waals surface area contributed by atoms with Crippen LogP contribution in [0.15, 0.2) is 41.3 Å². The third-order valence-electron chi connectivity index (χ3n) is 7.56. The molecule has 1 aromatic carbocycles. The quantitative estimate of drug-likeness (QED) is 0.621. The summed E-state index contributed by atoms with van der Waals surface area (Å²) in [5.74, 6) is -0.444. The van der Waals surface area contributed by atoms with E-state index in [2.05, 4.69) is 0 Å². The van der Waals surface area contributed by atoms with Gasteiger partial charge in [-0.2, -0.15) is 0 Å². The van der Waals surface area contributed by atoms with Crippen molar-refractivity contribution in [3.05, 3.63) is 63.6 Å². The van der Waals surface area contributed by atoms with Crippen molar-refractivity contribution >= 4 is 11.9 Å². The Hall–Kier alpha value is -3.09. The van der Waals surface area contributed by atoms with Crippen LogP contribution in [0.1, 0.15) is 78.3 Å². The summed E-state index contributed by atoms with van der Waals surface area (Å²) in [6, 6.07) is 9.77. The Labute approximate surface area is 199 Å². The van der Waals surface area contributed by atoms with Crippen LogP contribution in [0, 0.1) is 5.92 Å². The second kappa shape index (κ2) is 9.65. The number of hydrogen-bond acceptors (Lipinski definition) is 5. The van der Waals surface area contributed by atoms with Gasteiger partial charge in [0.15, 0.2) is 11.4 Å². The maximum Gasteiger partial charge on any atom is 0.343 e. The molecule has 7 nitrogen and oxygen atoms in total. The summed E-state index contributed by atoms with van der Waals surface area (Å²) in [6.07, 6.45) is 9.27. The number of amides is 1. The maximum atomic E-state index is 14.0. The van der Waals surface area contributed by atoms with E-state index in [1.54, 1.807) is 11.5 Å². The third kappa shape index (κ3) is 4.12. The Kier molecular flexibility index (Phi) is 6.44. The van der Waals surface area contributed by atoms with Crippen LogP contribution >= 0.6 is 0 Å². The zero-order valence-electron chi connectivity index (χ0n) is 19.7.